The van der Waals surface area contributed by atoms with E-state index in [0.29, 0.717) is 13.1 Å². The SMILES string of the molecule is Cc1cc2nc(-c3ccc(N4CCN(C(=O)OC(C)(C)C)CC4)cc3)cc(N3CCC(N(C)C(=O)OC(C)(C)C)C3)c2s1. The van der Waals surface area contributed by atoms with Crippen LogP contribution in [-0.4, -0.2) is 90.5 Å². The van der Waals surface area contributed by atoms with Gasteiger partial charge in [0, 0.05) is 62.4 Å². The zero-order valence-corrected chi connectivity index (χ0v) is 27.6. The fourth-order valence-electron chi connectivity index (χ4n) is 5.58. The van der Waals surface area contributed by atoms with Crippen molar-refractivity contribution in [3.8, 4) is 11.3 Å². The summed E-state index contributed by atoms with van der Waals surface area (Å²) in [6, 6.07) is 13.0. The number of likely N-dealkylation sites (N-methyl/N-ethyl adjacent to an activating group) is 1. The molecule has 232 valence electrons. The molecule has 2 fully saturated rings. The number of carbonyl (C=O) groups is 2. The van der Waals surface area contributed by atoms with Crippen LogP contribution in [0.25, 0.3) is 21.5 Å². The Kier molecular flexibility index (Phi) is 8.53. The molecule has 2 aliphatic heterocycles. The zero-order valence-electron chi connectivity index (χ0n) is 26.8. The van der Waals surface area contributed by atoms with E-state index >= 15 is 0 Å². The number of rotatable bonds is 4. The standard InChI is InChI=1S/C33H45N5O4S/c1-22-19-27-29(43-22)28(38-14-13-25(21-38)35(8)30(39)41-32(2,3)4)20-26(34-27)23-9-11-24(12-10-23)36-15-17-37(18-16-36)31(40)42-33(5,6)7/h9-12,19-20,25H,13-18,21H2,1-8H3. The monoisotopic (exact) mass is 607 g/mol. The number of benzene rings is 1. The third-order valence-electron chi connectivity index (χ3n) is 7.78. The van der Waals surface area contributed by atoms with Gasteiger partial charge in [-0.3, -0.25) is 0 Å². The van der Waals surface area contributed by atoms with Crippen LogP contribution in [0.5, 0.6) is 0 Å². The number of thiophene rings is 1. The minimum atomic E-state index is -0.520. The molecule has 3 aromatic rings. The number of nitrogens with zero attached hydrogens (tertiary/aromatic N) is 5. The number of ether oxygens (including phenoxy) is 2. The van der Waals surface area contributed by atoms with Crippen molar-refractivity contribution in [2.75, 3.05) is 56.1 Å². The van der Waals surface area contributed by atoms with Gasteiger partial charge in [0.1, 0.15) is 11.2 Å². The minimum absolute atomic E-state index is 0.0812. The number of aromatic nitrogens is 1. The smallest absolute Gasteiger partial charge is 0.410 e. The quantitative estimate of drug-likeness (QED) is 0.324. The van der Waals surface area contributed by atoms with Crippen LogP contribution in [0, 0.1) is 6.92 Å². The average Bonchev–Trinajstić information content (AvgIpc) is 3.57. The third kappa shape index (κ3) is 7.34. The van der Waals surface area contributed by atoms with Gasteiger partial charge in [0.2, 0.25) is 0 Å². The van der Waals surface area contributed by atoms with Crippen LogP contribution in [0.2, 0.25) is 0 Å². The molecule has 0 aliphatic carbocycles. The molecule has 4 heterocycles. The number of pyridine rings is 1. The van der Waals surface area contributed by atoms with E-state index in [1.165, 1.54) is 15.3 Å². The van der Waals surface area contributed by atoms with Gasteiger partial charge in [-0.15, -0.1) is 11.3 Å². The second-order valence-corrected chi connectivity index (χ2v) is 14.8. The Morgan fingerprint density at radius 3 is 2.19 bits per heavy atom. The van der Waals surface area contributed by atoms with E-state index < -0.39 is 11.2 Å². The lowest BCUT2D eigenvalue weighted by atomic mass is 10.1. The number of hydrogen-bond acceptors (Lipinski definition) is 8. The Morgan fingerprint density at radius 1 is 0.907 bits per heavy atom. The molecule has 2 amide bonds. The summed E-state index contributed by atoms with van der Waals surface area (Å²) in [6.45, 7) is 17.9. The first kappa shape index (κ1) is 30.9. The lowest BCUT2D eigenvalue weighted by Crippen LogP contribution is -2.50. The molecule has 0 saturated carbocycles. The Morgan fingerprint density at radius 2 is 1.56 bits per heavy atom. The Balaban J connectivity index is 1.30. The predicted octanol–water partition coefficient (Wildman–Crippen LogP) is 6.77. The second-order valence-electron chi connectivity index (χ2n) is 13.6. The first-order chi connectivity index (χ1) is 20.2. The molecule has 1 atom stereocenters. The van der Waals surface area contributed by atoms with Gasteiger partial charge in [-0.05, 0) is 79.2 Å². The second kappa shape index (κ2) is 11.9. The maximum Gasteiger partial charge on any atom is 0.410 e. The average molecular weight is 608 g/mol. The summed E-state index contributed by atoms with van der Waals surface area (Å²) in [4.78, 5) is 39.7. The lowest BCUT2D eigenvalue weighted by Gasteiger charge is -2.36. The fourth-order valence-corrected chi connectivity index (χ4v) is 6.58. The van der Waals surface area contributed by atoms with E-state index in [4.69, 9.17) is 14.5 Å². The molecule has 9 nitrogen and oxygen atoms in total. The van der Waals surface area contributed by atoms with Crippen LogP contribution in [0.3, 0.4) is 0 Å². The fraction of sp³-hybridized carbons (Fsp3) is 0.545. The molecule has 1 unspecified atom stereocenters. The van der Waals surface area contributed by atoms with E-state index in [0.717, 1.165) is 55.1 Å². The first-order valence-corrected chi connectivity index (χ1v) is 15.9. The van der Waals surface area contributed by atoms with E-state index in [-0.39, 0.29) is 18.2 Å². The van der Waals surface area contributed by atoms with Gasteiger partial charge in [-0.25, -0.2) is 14.6 Å². The van der Waals surface area contributed by atoms with Crippen molar-refractivity contribution in [2.24, 2.45) is 0 Å². The highest BCUT2D eigenvalue weighted by atomic mass is 32.1. The van der Waals surface area contributed by atoms with Crippen molar-refractivity contribution in [1.29, 1.82) is 0 Å². The normalized spacial score (nSPS) is 17.9. The number of hydrogen-bond donors (Lipinski definition) is 0. The molecule has 0 N–H and O–H groups in total. The highest BCUT2D eigenvalue weighted by Gasteiger charge is 2.32. The van der Waals surface area contributed by atoms with Gasteiger partial charge in [-0.1, -0.05) is 12.1 Å². The summed E-state index contributed by atoms with van der Waals surface area (Å²) in [6.07, 6.45) is 0.359. The van der Waals surface area contributed by atoms with Crippen molar-refractivity contribution in [3.63, 3.8) is 0 Å². The van der Waals surface area contributed by atoms with Crippen LogP contribution in [-0.2, 0) is 9.47 Å². The molecule has 0 radical (unpaired) electrons. The van der Waals surface area contributed by atoms with Gasteiger partial charge in [0.15, 0.2) is 0 Å². The van der Waals surface area contributed by atoms with Crippen LogP contribution < -0.4 is 9.80 Å². The molecular weight excluding hydrogens is 562 g/mol. The van der Waals surface area contributed by atoms with Crippen molar-refractivity contribution in [1.82, 2.24) is 14.8 Å². The van der Waals surface area contributed by atoms with Gasteiger partial charge in [0.25, 0.3) is 0 Å². The number of aryl methyl sites for hydroxylation is 1. The Hall–Kier alpha value is -3.53. The topological polar surface area (TPSA) is 78.5 Å². The maximum absolute atomic E-state index is 12.7. The largest absolute Gasteiger partial charge is 0.444 e. The lowest BCUT2D eigenvalue weighted by molar-refractivity contribution is 0.0228. The van der Waals surface area contributed by atoms with Gasteiger partial charge in [0.05, 0.1) is 27.6 Å². The van der Waals surface area contributed by atoms with Gasteiger partial charge in [-0.2, -0.15) is 0 Å². The van der Waals surface area contributed by atoms with Crippen LogP contribution in [0.15, 0.2) is 36.4 Å². The Bertz CT molecular complexity index is 1470. The molecule has 2 aromatic heterocycles. The molecule has 0 bridgehead atoms. The van der Waals surface area contributed by atoms with Crippen molar-refractivity contribution in [3.05, 3.63) is 41.3 Å². The molecule has 2 aliphatic rings. The minimum Gasteiger partial charge on any atom is -0.444 e. The number of anilines is 2. The van der Waals surface area contributed by atoms with Crippen LogP contribution >= 0.6 is 11.3 Å². The van der Waals surface area contributed by atoms with Gasteiger partial charge < -0.3 is 29.1 Å². The molecule has 1 aromatic carbocycles. The summed E-state index contributed by atoms with van der Waals surface area (Å²) < 4.78 is 12.3. The molecule has 10 heteroatoms. The number of carbonyl (C=O) groups excluding carboxylic acids is 2. The number of piperazine rings is 1. The Labute approximate surface area is 259 Å². The third-order valence-corrected chi connectivity index (χ3v) is 8.84. The molecule has 2 saturated heterocycles. The molecule has 0 spiro atoms. The molecular formula is C33H45N5O4S. The highest BCUT2D eigenvalue weighted by molar-refractivity contribution is 7.19. The number of fused-ring (bicyclic) bond motifs is 1. The van der Waals surface area contributed by atoms with Crippen molar-refractivity contribution >= 4 is 45.1 Å². The number of amides is 2. The summed E-state index contributed by atoms with van der Waals surface area (Å²) in [5, 5.41) is 0. The summed E-state index contributed by atoms with van der Waals surface area (Å²) in [7, 11) is 1.84. The van der Waals surface area contributed by atoms with Gasteiger partial charge >= 0.3 is 12.2 Å². The van der Waals surface area contributed by atoms with Crippen molar-refractivity contribution in [2.45, 2.75) is 72.1 Å². The summed E-state index contributed by atoms with van der Waals surface area (Å²) >= 11 is 1.77. The van der Waals surface area contributed by atoms with E-state index in [1.54, 1.807) is 21.1 Å². The molecule has 43 heavy (non-hydrogen) atoms. The highest BCUT2D eigenvalue weighted by Crippen LogP contribution is 2.38. The predicted molar refractivity (Wildman–Crippen MR) is 174 cm³/mol. The zero-order chi connectivity index (χ0) is 31.1. The van der Waals surface area contributed by atoms with E-state index in [2.05, 4.69) is 53.1 Å². The summed E-state index contributed by atoms with van der Waals surface area (Å²) in [5.41, 5.74) is 4.29. The van der Waals surface area contributed by atoms with E-state index in [9.17, 15) is 9.59 Å². The van der Waals surface area contributed by atoms with Crippen LogP contribution in [0.1, 0.15) is 52.8 Å². The first-order valence-electron chi connectivity index (χ1n) is 15.1. The maximum atomic E-state index is 12.7. The van der Waals surface area contributed by atoms with E-state index in [1.807, 2.05) is 48.6 Å². The van der Waals surface area contributed by atoms with Crippen molar-refractivity contribution < 1.29 is 19.1 Å². The summed E-state index contributed by atoms with van der Waals surface area (Å²) in [5.74, 6) is 0. The molecule has 5 rings (SSSR count). The van der Waals surface area contributed by atoms with Crippen LogP contribution in [0.4, 0.5) is 21.0 Å².